The summed E-state index contributed by atoms with van der Waals surface area (Å²) in [4.78, 5) is 13.7. The zero-order valence-electron chi connectivity index (χ0n) is 8.34. The summed E-state index contributed by atoms with van der Waals surface area (Å²) in [5, 5.41) is 8.03. The minimum Gasteiger partial charge on any atom is -0.377 e. The van der Waals surface area contributed by atoms with Gasteiger partial charge < -0.3 is 15.4 Å². The smallest absolute Gasteiger partial charge is 0.285 e. The summed E-state index contributed by atoms with van der Waals surface area (Å²) < 4.78 is 5.25. The van der Waals surface area contributed by atoms with Gasteiger partial charge in [-0.1, -0.05) is 11.3 Å². The topological polar surface area (TPSA) is 81.3 Å². The molecule has 2 heterocycles. The molecule has 0 bridgehead atoms. The van der Waals surface area contributed by atoms with E-state index in [1.807, 2.05) is 6.92 Å². The largest absolute Gasteiger partial charge is 0.377 e. The molecule has 0 spiro atoms. The lowest BCUT2D eigenvalue weighted by atomic mass is 10.2. The van der Waals surface area contributed by atoms with E-state index in [2.05, 4.69) is 10.2 Å². The van der Waals surface area contributed by atoms with Crippen LogP contribution >= 0.6 is 11.3 Å². The van der Waals surface area contributed by atoms with E-state index in [9.17, 15) is 4.79 Å². The molecular formula is C8H12N4O2S. The molecule has 1 aliphatic rings. The van der Waals surface area contributed by atoms with Gasteiger partial charge in [0, 0.05) is 6.54 Å². The molecule has 2 N–H and O–H groups in total. The minimum absolute atomic E-state index is 0.0800. The van der Waals surface area contributed by atoms with Crippen molar-refractivity contribution in [1.82, 2.24) is 15.1 Å². The van der Waals surface area contributed by atoms with Crippen molar-refractivity contribution in [1.29, 1.82) is 0 Å². The first-order chi connectivity index (χ1) is 7.18. The average molecular weight is 228 g/mol. The van der Waals surface area contributed by atoms with Gasteiger partial charge in [-0.3, -0.25) is 4.79 Å². The van der Waals surface area contributed by atoms with E-state index >= 15 is 0 Å². The lowest BCUT2D eigenvalue weighted by Gasteiger charge is -2.32. The second-order valence-electron chi connectivity index (χ2n) is 3.37. The Kier molecular flexibility index (Phi) is 2.83. The fourth-order valence-electron chi connectivity index (χ4n) is 1.47. The average Bonchev–Trinajstić information content (AvgIpc) is 2.65. The van der Waals surface area contributed by atoms with Crippen LogP contribution in [0, 0.1) is 0 Å². The van der Waals surface area contributed by atoms with E-state index in [4.69, 9.17) is 10.5 Å². The maximum Gasteiger partial charge on any atom is 0.285 e. The van der Waals surface area contributed by atoms with Gasteiger partial charge in [-0.2, -0.15) is 0 Å². The van der Waals surface area contributed by atoms with E-state index in [0.717, 1.165) is 11.3 Å². The van der Waals surface area contributed by atoms with Crippen LogP contribution in [-0.2, 0) is 4.74 Å². The Morgan fingerprint density at radius 2 is 2.47 bits per heavy atom. The van der Waals surface area contributed by atoms with Crippen molar-refractivity contribution in [2.45, 2.75) is 13.0 Å². The predicted molar refractivity (Wildman–Crippen MR) is 55.6 cm³/mol. The van der Waals surface area contributed by atoms with Crippen molar-refractivity contribution in [2.75, 3.05) is 25.5 Å². The fourth-order valence-corrected chi connectivity index (χ4v) is 2.04. The van der Waals surface area contributed by atoms with Gasteiger partial charge in [-0.15, -0.1) is 10.2 Å². The Bertz CT molecular complexity index is 367. The first-order valence-electron chi connectivity index (χ1n) is 4.66. The molecule has 1 aliphatic heterocycles. The van der Waals surface area contributed by atoms with Gasteiger partial charge in [0.2, 0.25) is 10.1 Å². The zero-order chi connectivity index (χ0) is 10.8. The summed E-state index contributed by atoms with van der Waals surface area (Å²) in [6.07, 6.45) is 0. The quantitative estimate of drug-likeness (QED) is 0.730. The van der Waals surface area contributed by atoms with Crippen LogP contribution in [0.3, 0.4) is 0 Å². The van der Waals surface area contributed by atoms with Crippen LogP contribution in [0.5, 0.6) is 0 Å². The number of nitrogens with zero attached hydrogens (tertiary/aromatic N) is 3. The number of nitrogen functional groups attached to an aromatic ring is 1. The van der Waals surface area contributed by atoms with Crippen molar-refractivity contribution in [3.05, 3.63) is 5.01 Å². The Balaban J connectivity index is 2.13. The third-order valence-electron chi connectivity index (χ3n) is 2.25. The molecule has 82 valence electrons. The lowest BCUT2D eigenvalue weighted by molar-refractivity contribution is 0.00353. The van der Waals surface area contributed by atoms with E-state index in [1.165, 1.54) is 0 Å². The highest BCUT2D eigenvalue weighted by Crippen LogP contribution is 2.16. The molecule has 1 aromatic heterocycles. The van der Waals surface area contributed by atoms with Gasteiger partial charge in [-0.25, -0.2) is 0 Å². The van der Waals surface area contributed by atoms with Crippen molar-refractivity contribution in [2.24, 2.45) is 0 Å². The summed E-state index contributed by atoms with van der Waals surface area (Å²) in [7, 11) is 0. The van der Waals surface area contributed by atoms with Crippen LogP contribution in [-0.4, -0.2) is 46.8 Å². The van der Waals surface area contributed by atoms with Gasteiger partial charge in [0.25, 0.3) is 5.91 Å². The van der Waals surface area contributed by atoms with Gasteiger partial charge in [-0.05, 0) is 6.92 Å². The van der Waals surface area contributed by atoms with E-state index < -0.39 is 0 Å². The fraction of sp³-hybridized carbons (Fsp3) is 0.625. The predicted octanol–water partition coefficient (Wildman–Crippen LogP) is -0.0188. The van der Waals surface area contributed by atoms with E-state index in [0.29, 0.717) is 29.9 Å². The highest BCUT2D eigenvalue weighted by Gasteiger charge is 2.26. The molecule has 6 nitrogen and oxygen atoms in total. The molecule has 0 radical (unpaired) electrons. The number of anilines is 1. The van der Waals surface area contributed by atoms with Crippen molar-refractivity contribution < 1.29 is 9.53 Å². The molecule has 0 saturated carbocycles. The monoisotopic (exact) mass is 228 g/mol. The molecule has 7 heteroatoms. The Morgan fingerprint density at radius 3 is 3.07 bits per heavy atom. The number of ether oxygens (including phenoxy) is 1. The number of carbonyl (C=O) groups is 1. The number of morpholine rings is 1. The van der Waals surface area contributed by atoms with E-state index in [1.54, 1.807) is 4.90 Å². The van der Waals surface area contributed by atoms with Crippen LogP contribution in [0.1, 0.15) is 16.7 Å². The lowest BCUT2D eigenvalue weighted by Crippen LogP contribution is -2.47. The summed E-state index contributed by atoms with van der Waals surface area (Å²) in [5.74, 6) is -0.111. The molecule has 1 saturated heterocycles. The molecular weight excluding hydrogens is 216 g/mol. The molecule has 0 aliphatic carbocycles. The van der Waals surface area contributed by atoms with Gasteiger partial charge in [0.05, 0.1) is 19.3 Å². The van der Waals surface area contributed by atoms with Crippen LogP contribution in [0.15, 0.2) is 0 Å². The summed E-state index contributed by atoms with van der Waals surface area (Å²) in [6.45, 7) is 3.69. The number of aromatic nitrogens is 2. The number of hydrogen-bond donors (Lipinski definition) is 1. The molecule has 2 rings (SSSR count). The standard InChI is InChI=1S/C8H12N4O2S/c1-5-4-14-3-2-12(5)7(13)6-10-11-8(9)15-6/h5H,2-4H2,1H3,(H2,9,11). The maximum atomic E-state index is 11.9. The highest BCUT2D eigenvalue weighted by atomic mass is 32.1. The van der Waals surface area contributed by atoms with E-state index in [-0.39, 0.29) is 11.9 Å². The molecule has 1 atom stereocenters. The SMILES string of the molecule is CC1COCCN1C(=O)c1nnc(N)s1. The van der Waals surface area contributed by atoms with Crippen LogP contribution in [0.4, 0.5) is 5.13 Å². The summed E-state index contributed by atoms with van der Waals surface area (Å²) in [5.41, 5.74) is 5.43. The van der Waals surface area contributed by atoms with Crippen molar-refractivity contribution in [3.63, 3.8) is 0 Å². The van der Waals surface area contributed by atoms with Crippen LogP contribution in [0.25, 0.3) is 0 Å². The second kappa shape index (κ2) is 4.11. The number of hydrogen-bond acceptors (Lipinski definition) is 6. The van der Waals surface area contributed by atoms with Crippen molar-refractivity contribution >= 4 is 22.4 Å². The van der Waals surface area contributed by atoms with Gasteiger partial charge in [0.1, 0.15) is 0 Å². The molecule has 0 aromatic carbocycles. The molecule has 1 aromatic rings. The van der Waals surface area contributed by atoms with Crippen molar-refractivity contribution in [3.8, 4) is 0 Å². The molecule has 15 heavy (non-hydrogen) atoms. The highest BCUT2D eigenvalue weighted by molar-refractivity contribution is 7.16. The number of carbonyl (C=O) groups excluding carboxylic acids is 1. The molecule has 1 unspecified atom stereocenters. The summed E-state index contributed by atoms with van der Waals surface area (Å²) >= 11 is 1.12. The number of rotatable bonds is 1. The van der Waals surface area contributed by atoms with Gasteiger partial charge in [0.15, 0.2) is 0 Å². The second-order valence-corrected chi connectivity index (χ2v) is 4.38. The molecule has 1 amide bonds. The first kappa shape index (κ1) is 10.3. The zero-order valence-corrected chi connectivity index (χ0v) is 9.16. The third-order valence-corrected chi connectivity index (χ3v) is 2.99. The number of nitrogens with two attached hydrogens (primary N) is 1. The first-order valence-corrected chi connectivity index (χ1v) is 5.48. The summed E-state index contributed by atoms with van der Waals surface area (Å²) in [6, 6.07) is 0.0800. The Morgan fingerprint density at radius 1 is 1.67 bits per heavy atom. The minimum atomic E-state index is -0.111. The van der Waals surface area contributed by atoms with Gasteiger partial charge >= 0.3 is 0 Å². The Labute approximate surface area is 91.0 Å². The Hall–Kier alpha value is -1.21. The third kappa shape index (κ3) is 2.07. The maximum absolute atomic E-state index is 11.9. The van der Waals surface area contributed by atoms with Crippen LogP contribution < -0.4 is 5.73 Å². The molecule has 1 fully saturated rings. The van der Waals surface area contributed by atoms with Crippen LogP contribution in [0.2, 0.25) is 0 Å². The normalized spacial score (nSPS) is 21.7. The number of amides is 1.